The minimum atomic E-state index is -0.153. The Bertz CT molecular complexity index is 1110. The largest absolute Gasteiger partial charge is 0.351 e. The molecule has 0 aliphatic carbocycles. The number of aromatic nitrogens is 3. The first-order chi connectivity index (χ1) is 14.0. The van der Waals surface area contributed by atoms with Crippen molar-refractivity contribution < 1.29 is 4.79 Å². The quantitative estimate of drug-likeness (QED) is 0.460. The van der Waals surface area contributed by atoms with Crippen LogP contribution in [0.2, 0.25) is 5.02 Å². The molecule has 1 amide bonds. The lowest BCUT2D eigenvalue weighted by Crippen LogP contribution is -2.25. The second-order valence-electron chi connectivity index (χ2n) is 6.76. The Labute approximate surface area is 181 Å². The fourth-order valence-electron chi connectivity index (χ4n) is 3.11. The molecule has 2 aromatic heterocycles. The lowest BCUT2D eigenvalue weighted by atomic mass is 10.2. The molecule has 4 rings (SSSR count). The number of benzene rings is 1. The molecule has 0 radical (unpaired) electrons. The maximum absolute atomic E-state index is 12.7. The van der Waals surface area contributed by atoms with Gasteiger partial charge in [-0.3, -0.25) is 14.2 Å². The van der Waals surface area contributed by atoms with E-state index in [4.69, 9.17) is 11.6 Å². The van der Waals surface area contributed by atoms with E-state index in [0.717, 1.165) is 36.6 Å². The Morgan fingerprint density at radius 3 is 2.79 bits per heavy atom. The monoisotopic (exact) mass is 449 g/mol. The van der Waals surface area contributed by atoms with E-state index >= 15 is 0 Å². The van der Waals surface area contributed by atoms with Crippen molar-refractivity contribution in [3.05, 3.63) is 45.2 Å². The molecule has 0 unspecified atom stereocenters. The van der Waals surface area contributed by atoms with E-state index < -0.39 is 0 Å². The lowest BCUT2D eigenvalue weighted by Gasteiger charge is -2.11. The van der Waals surface area contributed by atoms with Gasteiger partial charge in [0.25, 0.3) is 5.56 Å². The third-order valence-corrected chi connectivity index (χ3v) is 7.22. The van der Waals surface area contributed by atoms with Crippen LogP contribution in [0.25, 0.3) is 10.3 Å². The zero-order valence-corrected chi connectivity index (χ0v) is 18.2. The Hall–Kier alpha value is -2.10. The molecule has 7 nitrogen and oxygen atoms in total. The molecular formula is C19H20ClN5O2S2. The van der Waals surface area contributed by atoms with Crippen molar-refractivity contribution in [2.45, 2.75) is 24.5 Å². The Balaban J connectivity index is 1.44. The second kappa shape index (κ2) is 8.73. The first-order valence-corrected chi connectivity index (χ1v) is 11.5. The summed E-state index contributed by atoms with van der Waals surface area (Å²) in [4.78, 5) is 36.2. The van der Waals surface area contributed by atoms with Gasteiger partial charge in [0, 0.05) is 31.7 Å². The van der Waals surface area contributed by atoms with E-state index in [-0.39, 0.29) is 17.2 Å². The van der Waals surface area contributed by atoms with E-state index in [1.807, 2.05) is 18.2 Å². The first kappa shape index (κ1) is 20.2. The van der Waals surface area contributed by atoms with Crippen molar-refractivity contribution in [1.82, 2.24) is 19.9 Å². The summed E-state index contributed by atoms with van der Waals surface area (Å²) < 4.78 is 2.04. The van der Waals surface area contributed by atoms with Gasteiger partial charge in [-0.05, 0) is 24.5 Å². The fourth-order valence-corrected chi connectivity index (χ4v) is 5.14. The summed E-state index contributed by atoms with van der Waals surface area (Å²) in [5, 5.41) is 4.79. The van der Waals surface area contributed by atoms with Crippen LogP contribution in [-0.4, -0.2) is 39.3 Å². The summed E-state index contributed by atoms with van der Waals surface area (Å²) >= 11 is 8.73. The number of hydrogen-bond acceptors (Lipinski definition) is 7. The van der Waals surface area contributed by atoms with Gasteiger partial charge < -0.3 is 10.2 Å². The number of anilines is 1. The highest BCUT2D eigenvalue weighted by Gasteiger charge is 2.20. The van der Waals surface area contributed by atoms with Gasteiger partial charge in [0.2, 0.25) is 5.91 Å². The Morgan fingerprint density at radius 1 is 1.28 bits per heavy atom. The molecule has 29 heavy (non-hydrogen) atoms. The minimum absolute atomic E-state index is 0.128. The molecule has 1 saturated heterocycles. The van der Waals surface area contributed by atoms with Gasteiger partial charge >= 0.3 is 0 Å². The average Bonchev–Trinajstić information content (AvgIpc) is 3.38. The van der Waals surface area contributed by atoms with E-state index in [1.165, 1.54) is 27.7 Å². The van der Waals surface area contributed by atoms with Crippen LogP contribution in [0, 0.1) is 0 Å². The average molecular weight is 450 g/mol. The number of fused-ring (bicyclic) bond motifs is 1. The predicted molar refractivity (Wildman–Crippen MR) is 118 cm³/mol. The SMILES string of the molecule is Cn1c(SCC(=O)NCc2ccccc2Cl)nc2nc(N3CCCC3)sc2c1=O. The van der Waals surface area contributed by atoms with Crippen molar-refractivity contribution >= 4 is 56.1 Å². The van der Waals surface area contributed by atoms with Crippen molar-refractivity contribution in [3.63, 3.8) is 0 Å². The molecule has 3 aromatic rings. The molecule has 1 aliphatic heterocycles. The maximum Gasteiger partial charge on any atom is 0.273 e. The molecular weight excluding hydrogens is 430 g/mol. The number of rotatable bonds is 6. The molecule has 152 valence electrons. The number of nitrogens with zero attached hydrogens (tertiary/aromatic N) is 4. The summed E-state index contributed by atoms with van der Waals surface area (Å²) in [6.07, 6.45) is 2.29. The predicted octanol–water partition coefficient (Wildman–Crippen LogP) is 3.05. The van der Waals surface area contributed by atoms with Crippen molar-refractivity contribution in [2.75, 3.05) is 23.7 Å². The normalized spacial score (nSPS) is 13.9. The summed E-state index contributed by atoms with van der Waals surface area (Å²) in [5.74, 6) is -0.000359. The number of thiazole rings is 1. The summed E-state index contributed by atoms with van der Waals surface area (Å²) in [6.45, 7) is 2.29. The van der Waals surface area contributed by atoms with Crippen LogP contribution < -0.4 is 15.8 Å². The summed E-state index contributed by atoms with van der Waals surface area (Å²) in [6, 6.07) is 7.38. The van der Waals surface area contributed by atoms with Gasteiger partial charge in [0.05, 0.1) is 5.75 Å². The standard InChI is InChI=1S/C19H20ClN5O2S2/c1-24-17(27)15-16(23-19(29-15)25-8-4-5-9-25)22-18(24)28-11-14(26)21-10-12-6-2-3-7-13(12)20/h2-3,6-7H,4-5,8-11H2,1H3,(H,21,26). The Morgan fingerprint density at radius 2 is 2.03 bits per heavy atom. The number of carbonyl (C=O) groups is 1. The summed E-state index contributed by atoms with van der Waals surface area (Å²) in [5.41, 5.74) is 1.19. The number of hydrogen-bond donors (Lipinski definition) is 1. The van der Waals surface area contributed by atoms with Crippen molar-refractivity contribution in [3.8, 4) is 0 Å². The van der Waals surface area contributed by atoms with E-state index in [0.29, 0.717) is 27.1 Å². The molecule has 0 saturated carbocycles. The molecule has 0 atom stereocenters. The van der Waals surface area contributed by atoms with Crippen molar-refractivity contribution in [1.29, 1.82) is 0 Å². The van der Waals surface area contributed by atoms with Crippen LogP contribution in [0.4, 0.5) is 5.13 Å². The van der Waals surface area contributed by atoms with Crippen LogP contribution >= 0.6 is 34.7 Å². The number of halogens is 1. The third kappa shape index (κ3) is 4.41. The van der Waals surface area contributed by atoms with E-state index in [1.54, 1.807) is 13.1 Å². The van der Waals surface area contributed by atoms with Crippen molar-refractivity contribution in [2.24, 2.45) is 7.05 Å². The topological polar surface area (TPSA) is 80.1 Å². The lowest BCUT2D eigenvalue weighted by molar-refractivity contribution is -0.118. The maximum atomic E-state index is 12.7. The highest BCUT2D eigenvalue weighted by molar-refractivity contribution is 7.99. The Kier molecular flexibility index (Phi) is 6.07. The van der Waals surface area contributed by atoms with Gasteiger partial charge in [-0.15, -0.1) is 0 Å². The van der Waals surface area contributed by atoms with Crippen LogP contribution in [0.15, 0.2) is 34.2 Å². The fraction of sp³-hybridized carbons (Fsp3) is 0.368. The van der Waals surface area contributed by atoms with Gasteiger partial charge in [-0.2, -0.15) is 4.98 Å². The van der Waals surface area contributed by atoms with Gasteiger partial charge in [-0.1, -0.05) is 52.9 Å². The zero-order chi connectivity index (χ0) is 20.4. The van der Waals surface area contributed by atoms with Crippen LogP contribution in [0.1, 0.15) is 18.4 Å². The highest BCUT2D eigenvalue weighted by atomic mass is 35.5. The van der Waals surface area contributed by atoms with Gasteiger partial charge in [0.1, 0.15) is 4.70 Å². The van der Waals surface area contributed by atoms with E-state index in [2.05, 4.69) is 20.2 Å². The van der Waals surface area contributed by atoms with Crippen LogP contribution in [-0.2, 0) is 18.4 Å². The van der Waals surface area contributed by atoms with Gasteiger partial charge in [0.15, 0.2) is 15.9 Å². The second-order valence-corrected chi connectivity index (χ2v) is 9.09. The molecule has 1 N–H and O–H groups in total. The molecule has 0 bridgehead atoms. The molecule has 0 spiro atoms. The molecule has 1 fully saturated rings. The third-order valence-electron chi connectivity index (χ3n) is 4.73. The van der Waals surface area contributed by atoms with Gasteiger partial charge in [-0.25, -0.2) is 4.98 Å². The summed E-state index contributed by atoms with van der Waals surface area (Å²) in [7, 11) is 1.67. The smallest absolute Gasteiger partial charge is 0.273 e. The highest BCUT2D eigenvalue weighted by Crippen LogP contribution is 2.29. The number of carbonyl (C=O) groups excluding carboxylic acids is 1. The number of thioether (sulfide) groups is 1. The minimum Gasteiger partial charge on any atom is -0.351 e. The molecule has 1 aliphatic rings. The first-order valence-electron chi connectivity index (χ1n) is 9.28. The molecule has 1 aromatic carbocycles. The number of amides is 1. The van der Waals surface area contributed by atoms with Crippen LogP contribution in [0.3, 0.4) is 0 Å². The molecule has 3 heterocycles. The van der Waals surface area contributed by atoms with E-state index in [9.17, 15) is 9.59 Å². The van der Waals surface area contributed by atoms with Crippen LogP contribution in [0.5, 0.6) is 0 Å². The number of nitrogens with one attached hydrogen (secondary N) is 1. The molecule has 10 heteroatoms. The zero-order valence-electron chi connectivity index (χ0n) is 15.9.